The highest BCUT2D eigenvalue weighted by atomic mass is 35.5. The normalized spacial score (nSPS) is 14.6. The number of benzene rings is 2. The van der Waals surface area contributed by atoms with Crippen LogP contribution in [0, 0.1) is 6.92 Å². The number of nitrogens with zero attached hydrogens (tertiary/aromatic N) is 1. The zero-order valence-electron chi connectivity index (χ0n) is 20.8. The van der Waals surface area contributed by atoms with Crippen LogP contribution in [-0.4, -0.2) is 31.9 Å². The van der Waals surface area contributed by atoms with E-state index in [0.29, 0.717) is 40.7 Å². The van der Waals surface area contributed by atoms with Crippen LogP contribution in [0.1, 0.15) is 28.3 Å². The first-order chi connectivity index (χ1) is 17.7. The van der Waals surface area contributed by atoms with Crippen molar-refractivity contribution in [1.82, 2.24) is 4.57 Å². The molecule has 0 fully saturated rings. The lowest BCUT2D eigenvalue weighted by Gasteiger charge is -2.29. The second-order valence-electron chi connectivity index (χ2n) is 8.43. The van der Waals surface area contributed by atoms with Gasteiger partial charge in [0.25, 0.3) is 5.56 Å². The predicted molar refractivity (Wildman–Crippen MR) is 141 cm³/mol. The maximum Gasteiger partial charge on any atom is 0.340 e. The number of fused-ring (bicyclic) bond motifs is 1. The van der Waals surface area contributed by atoms with Gasteiger partial charge in [0.1, 0.15) is 11.3 Å². The number of esters is 1. The number of halogens is 2. The Morgan fingerprint density at radius 2 is 1.78 bits per heavy atom. The molecule has 2 heterocycles. The molecule has 37 heavy (non-hydrogen) atoms. The molecule has 0 amide bonds. The summed E-state index contributed by atoms with van der Waals surface area (Å²) in [7, 11) is 4.37. The van der Waals surface area contributed by atoms with Crippen LogP contribution in [0.3, 0.4) is 0 Å². The van der Waals surface area contributed by atoms with E-state index >= 15 is 0 Å². The molecule has 0 aliphatic carbocycles. The van der Waals surface area contributed by atoms with Crippen molar-refractivity contribution in [1.29, 1.82) is 0 Å². The van der Waals surface area contributed by atoms with Crippen molar-refractivity contribution in [2.75, 3.05) is 21.3 Å². The molecular formula is C27H26Cl2N2O6. The van der Waals surface area contributed by atoms with Crippen LogP contribution in [0.25, 0.3) is 0 Å². The third-order valence-electron chi connectivity index (χ3n) is 6.32. The van der Waals surface area contributed by atoms with E-state index in [0.717, 1.165) is 5.56 Å². The highest BCUT2D eigenvalue weighted by Gasteiger charge is 2.39. The van der Waals surface area contributed by atoms with Crippen LogP contribution in [0.2, 0.25) is 10.0 Å². The number of carbonyl (C=O) groups is 1. The number of pyridine rings is 1. The van der Waals surface area contributed by atoms with Crippen LogP contribution in [0.15, 0.2) is 58.7 Å². The Morgan fingerprint density at radius 3 is 2.43 bits per heavy atom. The van der Waals surface area contributed by atoms with Gasteiger partial charge in [0, 0.05) is 28.4 Å². The first kappa shape index (κ1) is 26.4. The highest BCUT2D eigenvalue weighted by Crippen LogP contribution is 2.44. The summed E-state index contributed by atoms with van der Waals surface area (Å²) in [5.74, 6) is -0.322. The van der Waals surface area contributed by atoms with Gasteiger partial charge in [0.05, 0.1) is 32.8 Å². The smallest absolute Gasteiger partial charge is 0.340 e. The van der Waals surface area contributed by atoms with E-state index in [1.54, 1.807) is 50.0 Å². The monoisotopic (exact) mass is 544 g/mol. The number of hydrogen-bond acceptors (Lipinski definition) is 7. The van der Waals surface area contributed by atoms with Crippen LogP contribution in [0.4, 0.5) is 0 Å². The fourth-order valence-electron chi connectivity index (χ4n) is 4.50. The number of carbonyl (C=O) groups excluding carboxylic acids is 1. The van der Waals surface area contributed by atoms with Gasteiger partial charge in [-0.15, -0.1) is 0 Å². The molecule has 194 valence electrons. The van der Waals surface area contributed by atoms with Gasteiger partial charge < -0.3 is 29.2 Å². The molecule has 0 bridgehead atoms. The second kappa shape index (κ2) is 10.8. The van der Waals surface area contributed by atoms with Gasteiger partial charge in [0.15, 0.2) is 11.5 Å². The fraction of sp³-hybridized carbons (Fsp3) is 0.259. The van der Waals surface area contributed by atoms with E-state index in [1.807, 2.05) is 18.2 Å². The van der Waals surface area contributed by atoms with E-state index in [2.05, 4.69) is 0 Å². The Morgan fingerprint density at radius 1 is 1.05 bits per heavy atom. The molecule has 0 unspecified atom stereocenters. The summed E-state index contributed by atoms with van der Waals surface area (Å²) in [5, 5.41) is 0.685. The van der Waals surface area contributed by atoms with Gasteiger partial charge in [-0.2, -0.15) is 0 Å². The molecule has 8 nitrogen and oxygen atoms in total. The Labute approximate surface area is 224 Å². The number of methoxy groups -OCH3 is 3. The fourth-order valence-corrected chi connectivity index (χ4v) is 5.01. The molecular weight excluding hydrogens is 519 g/mol. The molecule has 4 rings (SSSR count). The Balaban J connectivity index is 1.83. The minimum absolute atomic E-state index is 0.00776. The molecule has 0 radical (unpaired) electrons. The van der Waals surface area contributed by atoms with Crippen LogP contribution < -0.4 is 25.5 Å². The lowest BCUT2D eigenvalue weighted by atomic mass is 9.83. The van der Waals surface area contributed by atoms with Crippen LogP contribution in [0.5, 0.6) is 17.2 Å². The number of aromatic nitrogens is 1. The zero-order chi connectivity index (χ0) is 26.9. The molecule has 1 atom stereocenters. The standard InChI is InChI=1S/C27H26Cl2N2O6/c1-14-11-21-23(26(32)31(14)10-9-15-5-8-19(34-2)20(12-15)35-3)22(17-7-6-16(28)13-18(17)29)24(25(30)37-21)27(33)36-4/h5-8,11-13,22H,9-10,30H2,1-4H3/t22-/m0/s1. The minimum atomic E-state index is -0.915. The number of nitrogens with two attached hydrogens (primary N) is 1. The summed E-state index contributed by atoms with van der Waals surface area (Å²) in [4.78, 5) is 26.8. The summed E-state index contributed by atoms with van der Waals surface area (Å²) in [6.07, 6.45) is 0.537. The quantitative estimate of drug-likeness (QED) is 0.434. The number of rotatable bonds is 7. The van der Waals surface area contributed by atoms with E-state index in [-0.39, 0.29) is 33.4 Å². The zero-order valence-corrected chi connectivity index (χ0v) is 22.3. The lowest BCUT2D eigenvalue weighted by Crippen LogP contribution is -2.35. The maximum absolute atomic E-state index is 14.0. The number of hydrogen-bond donors (Lipinski definition) is 1. The van der Waals surface area contributed by atoms with Crippen molar-refractivity contribution in [3.05, 3.63) is 96.7 Å². The third-order valence-corrected chi connectivity index (χ3v) is 6.88. The summed E-state index contributed by atoms with van der Waals surface area (Å²) in [6.45, 7) is 2.17. The molecule has 10 heteroatoms. The first-order valence-corrected chi connectivity index (χ1v) is 12.1. The molecule has 1 aliphatic rings. The van der Waals surface area contributed by atoms with E-state index in [1.165, 1.54) is 7.11 Å². The topological polar surface area (TPSA) is 102 Å². The first-order valence-electron chi connectivity index (χ1n) is 11.4. The van der Waals surface area contributed by atoms with Crippen molar-refractivity contribution < 1.29 is 23.7 Å². The average molecular weight is 545 g/mol. The highest BCUT2D eigenvalue weighted by molar-refractivity contribution is 6.35. The van der Waals surface area contributed by atoms with Gasteiger partial charge in [-0.3, -0.25) is 4.79 Å². The van der Waals surface area contributed by atoms with Gasteiger partial charge in [-0.1, -0.05) is 35.3 Å². The summed E-state index contributed by atoms with van der Waals surface area (Å²) in [5.41, 5.74) is 8.15. The molecule has 0 spiro atoms. The van der Waals surface area contributed by atoms with E-state index in [4.69, 9.17) is 47.9 Å². The van der Waals surface area contributed by atoms with E-state index < -0.39 is 11.9 Å². The molecule has 0 saturated heterocycles. The van der Waals surface area contributed by atoms with Gasteiger partial charge >= 0.3 is 5.97 Å². The van der Waals surface area contributed by atoms with E-state index in [9.17, 15) is 9.59 Å². The van der Waals surface area contributed by atoms with Crippen molar-refractivity contribution in [2.45, 2.75) is 25.8 Å². The second-order valence-corrected chi connectivity index (χ2v) is 9.27. The largest absolute Gasteiger partial charge is 0.493 e. The van der Waals surface area contributed by atoms with Crippen LogP contribution >= 0.6 is 23.2 Å². The number of aryl methyl sites for hydroxylation is 2. The Hall–Kier alpha value is -3.62. The molecule has 2 aromatic carbocycles. The third kappa shape index (κ3) is 4.99. The van der Waals surface area contributed by atoms with Crippen molar-refractivity contribution in [2.24, 2.45) is 5.73 Å². The number of ether oxygens (including phenoxy) is 4. The molecule has 0 saturated carbocycles. The summed E-state index contributed by atoms with van der Waals surface area (Å²) >= 11 is 12.6. The van der Waals surface area contributed by atoms with Gasteiger partial charge in [-0.05, 0) is 48.7 Å². The SMILES string of the molecule is COC(=O)C1=C(N)Oc2cc(C)n(CCc3ccc(OC)c(OC)c3)c(=O)c2[C@@H]1c1ccc(Cl)cc1Cl. The van der Waals surface area contributed by atoms with Crippen molar-refractivity contribution >= 4 is 29.2 Å². The molecule has 3 aromatic rings. The Bertz CT molecular complexity index is 1460. The van der Waals surface area contributed by atoms with Crippen molar-refractivity contribution in [3.8, 4) is 17.2 Å². The predicted octanol–water partition coefficient (Wildman–Crippen LogP) is 4.59. The minimum Gasteiger partial charge on any atom is -0.493 e. The Kier molecular flexibility index (Phi) is 7.71. The average Bonchev–Trinajstić information content (AvgIpc) is 2.87. The summed E-state index contributed by atoms with van der Waals surface area (Å²) < 4.78 is 23.1. The maximum atomic E-state index is 14.0. The molecule has 2 N–H and O–H groups in total. The molecule has 1 aromatic heterocycles. The summed E-state index contributed by atoms with van der Waals surface area (Å²) in [6, 6.07) is 12.2. The van der Waals surface area contributed by atoms with Gasteiger partial charge in [-0.25, -0.2) is 4.79 Å². The lowest BCUT2D eigenvalue weighted by molar-refractivity contribution is -0.136. The molecule has 1 aliphatic heterocycles. The van der Waals surface area contributed by atoms with Crippen LogP contribution in [-0.2, 0) is 22.5 Å². The van der Waals surface area contributed by atoms with Crippen molar-refractivity contribution in [3.63, 3.8) is 0 Å². The van der Waals surface area contributed by atoms with Gasteiger partial charge in [0.2, 0.25) is 5.88 Å².